The highest BCUT2D eigenvalue weighted by Crippen LogP contribution is 2.27. The molecule has 0 aliphatic rings. The van der Waals surface area contributed by atoms with Crippen molar-refractivity contribution in [2.24, 2.45) is 0 Å². The zero-order valence-corrected chi connectivity index (χ0v) is 15.9. The summed E-state index contributed by atoms with van der Waals surface area (Å²) in [6, 6.07) is 9.06. The summed E-state index contributed by atoms with van der Waals surface area (Å²) in [6.45, 7) is 2.54. The molecule has 0 fully saturated rings. The first-order valence-corrected chi connectivity index (χ1v) is 8.90. The summed E-state index contributed by atoms with van der Waals surface area (Å²) in [7, 11) is 0. The zero-order valence-electron chi connectivity index (χ0n) is 15.9. The van der Waals surface area contributed by atoms with Gasteiger partial charge in [-0.2, -0.15) is 13.2 Å². The van der Waals surface area contributed by atoms with Crippen molar-refractivity contribution >= 4 is 23.4 Å². The predicted molar refractivity (Wildman–Crippen MR) is 104 cm³/mol. The van der Waals surface area contributed by atoms with Gasteiger partial charge in [0.25, 0.3) is 5.91 Å². The molecule has 0 aromatic carbocycles. The molecule has 0 atom stereocenters. The quantitative estimate of drug-likeness (QED) is 0.507. The highest BCUT2D eigenvalue weighted by atomic mass is 19.4. The molecule has 0 spiro atoms. The van der Waals surface area contributed by atoms with Crippen LogP contribution in [0.25, 0.3) is 0 Å². The van der Waals surface area contributed by atoms with Crippen molar-refractivity contribution in [1.82, 2.24) is 25.5 Å². The Morgan fingerprint density at radius 1 is 0.967 bits per heavy atom. The third kappa shape index (κ3) is 5.87. The minimum Gasteiger partial charge on any atom is -0.367 e. The summed E-state index contributed by atoms with van der Waals surface area (Å²) in [5.41, 5.74) is 0.0613. The number of nitrogens with one attached hydrogen (secondary N) is 3. The van der Waals surface area contributed by atoms with Crippen molar-refractivity contribution in [3.63, 3.8) is 0 Å². The first-order chi connectivity index (χ1) is 14.3. The van der Waals surface area contributed by atoms with Crippen LogP contribution in [0.4, 0.5) is 30.6 Å². The van der Waals surface area contributed by atoms with E-state index in [1.165, 1.54) is 0 Å². The number of hydrogen-bond donors (Lipinski definition) is 3. The number of halogens is 3. The van der Waals surface area contributed by atoms with E-state index in [-0.39, 0.29) is 12.1 Å². The number of alkyl halides is 3. The van der Waals surface area contributed by atoms with Crippen LogP contribution < -0.4 is 16.0 Å². The zero-order chi connectivity index (χ0) is 21.6. The van der Waals surface area contributed by atoms with Crippen LogP contribution in [0, 0.1) is 6.92 Å². The van der Waals surface area contributed by atoms with Crippen LogP contribution in [0.15, 0.2) is 48.8 Å². The molecule has 3 aromatic rings. The lowest BCUT2D eigenvalue weighted by Gasteiger charge is -2.09. The fourth-order valence-electron chi connectivity index (χ4n) is 2.39. The number of aryl methyl sites for hydroxylation is 1. The second-order valence-electron chi connectivity index (χ2n) is 6.26. The van der Waals surface area contributed by atoms with E-state index >= 15 is 0 Å². The number of amides is 1. The molecule has 0 radical (unpaired) electrons. The van der Waals surface area contributed by atoms with Gasteiger partial charge in [0.05, 0.1) is 5.56 Å². The maximum absolute atomic E-state index is 12.5. The average Bonchev–Trinajstić information content (AvgIpc) is 2.72. The molecule has 3 rings (SSSR count). The van der Waals surface area contributed by atoms with E-state index in [0.29, 0.717) is 24.0 Å². The Hall–Kier alpha value is -3.76. The first kappa shape index (κ1) is 21.0. The lowest BCUT2D eigenvalue weighted by atomic mass is 10.2. The van der Waals surface area contributed by atoms with Crippen molar-refractivity contribution in [1.29, 1.82) is 0 Å². The van der Waals surface area contributed by atoms with Gasteiger partial charge in [0.1, 0.15) is 17.3 Å². The van der Waals surface area contributed by atoms with Crippen LogP contribution in [0.1, 0.15) is 21.6 Å². The molecule has 0 bridgehead atoms. The normalized spacial score (nSPS) is 11.1. The van der Waals surface area contributed by atoms with Crippen molar-refractivity contribution in [3.8, 4) is 0 Å². The molecular formula is C19H18F3N7O. The molecule has 11 heteroatoms. The Bertz CT molecular complexity index is 992. The van der Waals surface area contributed by atoms with Crippen molar-refractivity contribution in [3.05, 3.63) is 65.6 Å². The lowest BCUT2D eigenvalue weighted by Crippen LogP contribution is -2.29. The topological polar surface area (TPSA) is 105 Å². The van der Waals surface area contributed by atoms with Gasteiger partial charge in [-0.3, -0.25) is 9.78 Å². The Morgan fingerprint density at radius 2 is 1.73 bits per heavy atom. The molecule has 0 unspecified atom stereocenters. The SMILES string of the molecule is Cc1ccnc(Nc2ccc(NCCNC(=O)c3ccc(C(F)(F)F)nc3)nn2)c1. The van der Waals surface area contributed by atoms with Crippen LogP contribution in [-0.4, -0.2) is 39.2 Å². The Morgan fingerprint density at radius 3 is 2.37 bits per heavy atom. The lowest BCUT2D eigenvalue weighted by molar-refractivity contribution is -0.141. The van der Waals surface area contributed by atoms with Gasteiger partial charge in [0, 0.05) is 25.5 Å². The molecule has 1 amide bonds. The summed E-state index contributed by atoms with van der Waals surface area (Å²) >= 11 is 0. The third-order valence-electron chi connectivity index (χ3n) is 3.87. The fraction of sp³-hybridized carbons (Fsp3) is 0.211. The Kier molecular flexibility index (Phi) is 6.40. The summed E-state index contributed by atoms with van der Waals surface area (Å²) in [4.78, 5) is 19.4. The monoisotopic (exact) mass is 417 g/mol. The van der Waals surface area contributed by atoms with Crippen LogP contribution in [0.5, 0.6) is 0 Å². The summed E-state index contributed by atoms with van der Waals surface area (Å²) < 4.78 is 37.5. The van der Waals surface area contributed by atoms with Gasteiger partial charge < -0.3 is 16.0 Å². The molecule has 3 N–H and O–H groups in total. The molecule has 30 heavy (non-hydrogen) atoms. The summed E-state index contributed by atoms with van der Waals surface area (Å²) in [5.74, 6) is 1.17. The van der Waals surface area contributed by atoms with E-state index in [0.717, 1.165) is 23.9 Å². The number of nitrogens with zero attached hydrogens (tertiary/aromatic N) is 4. The summed E-state index contributed by atoms with van der Waals surface area (Å²) in [6.07, 6.45) is -1.95. The van der Waals surface area contributed by atoms with Gasteiger partial charge in [-0.05, 0) is 48.9 Å². The molecule has 8 nitrogen and oxygen atoms in total. The highest BCUT2D eigenvalue weighted by Gasteiger charge is 2.32. The van der Waals surface area contributed by atoms with E-state index < -0.39 is 17.8 Å². The molecule has 3 aromatic heterocycles. The minimum atomic E-state index is -4.54. The maximum Gasteiger partial charge on any atom is 0.433 e. The van der Waals surface area contributed by atoms with Gasteiger partial charge in [-0.15, -0.1) is 10.2 Å². The number of rotatable bonds is 7. The molecular weight excluding hydrogens is 399 g/mol. The van der Waals surface area contributed by atoms with Crippen LogP contribution >= 0.6 is 0 Å². The highest BCUT2D eigenvalue weighted by molar-refractivity contribution is 5.93. The van der Waals surface area contributed by atoms with E-state index in [9.17, 15) is 18.0 Å². The van der Waals surface area contributed by atoms with Gasteiger partial charge >= 0.3 is 6.18 Å². The molecule has 0 saturated carbocycles. The summed E-state index contributed by atoms with van der Waals surface area (Å²) in [5, 5.41) is 16.7. The van der Waals surface area contributed by atoms with Crippen molar-refractivity contribution in [2.75, 3.05) is 23.7 Å². The number of carbonyl (C=O) groups excluding carboxylic acids is 1. The van der Waals surface area contributed by atoms with E-state index in [1.54, 1.807) is 18.3 Å². The number of aromatic nitrogens is 4. The van der Waals surface area contributed by atoms with E-state index in [4.69, 9.17) is 0 Å². The number of anilines is 3. The standard InChI is InChI=1S/C19H18F3N7O/c1-12-6-7-23-17(10-12)27-16-5-4-15(28-29-16)24-8-9-25-18(30)13-2-3-14(26-11-13)19(20,21)22/h2-7,10-11H,8-9H2,1H3,(H,24,28)(H,25,30)(H,23,27,29). The Labute approximate surface area is 170 Å². The molecule has 156 valence electrons. The smallest absolute Gasteiger partial charge is 0.367 e. The first-order valence-electron chi connectivity index (χ1n) is 8.90. The van der Waals surface area contributed by atoms with Crippen molar-refractivity contribution < 1.29 is 18.0 Å². The van der Waals surface area contributed by atoms with Crippen LogP contribution in [0.3, 0.4) is 0 Å². The molecule has 0 aliphatic heterocycles. The largest absolute Gasteiger partial charge is 0.433 e. The molecule has 3 heterocycles. The van der Waals surface area contributed by atoms with E-state index in [1.807, 2.05) is 19.1 Å². The third-order valence-corrected chi connectivity index (χ3v) is 3.87. The fourth-order valence-corrected chi connectivity index (χ4v) is 2.39. The van der Waals surface area contributed by atoms with Crippen molar-refractivity contribution in [2.45, 2.75) is 13.1 Å². The minimum absolute atomic E-state index is 0.0444. The van der Waals surface area contributed by atoms with Crippen LogP contribution in [-0.2, 0) is 6.18 Å². The van der Waals surface area contributed by atoms with Gasteiger partial charge in [0.15, 0.2) is 5.82 Å². The number of pyridine rings is 2. The molecule has 0 saturated heterocycles. The number of hydrogen-bond acceptors (Lipinski definition) is 7. The Balaban J connectivity index is 1.43. The average molecular weight is 417 g/mol. The maximum atomic E-state index is 12.5. The second kappa shape index (κ2) is 9.16. The van der Waals surface area contributed by atoms with Gasteiger partial charge in [-0.1, -0.05) is 0 Å². The van der Waals surface area contributed by atoms with Gasteiger partial charge in [-0.25, -0.2) is 4.98 Å². The van der Waals surface area contributed by atoms with E-state index in [2.05, 4.69) is 36.1 Å². The predicted octanol–water partition coefficient (Wildman–Crippen LogP) is 3.18. The molecule has 0 aliphatic carbocycles. The van der Waals surface area contributed by atoms with Gasteiger partial charge in [0.2, 0.25) is 0 Å². The number of carbonyl (C=O) groups is 1. The van der Waals surface area contributed by atoms with Crippen LogP contribution in [0.2, 0.25) is 0 Å². The second-order valence-corrected chi connectivity index (χ2v) is 6.26.